The Balaban J connectivity index is 1.68. The standard InChI is InChI=1S/C17H16N4O2S/c1-18-15-6-3-11(10-19-15)20-16(22)7-8-17-21-13-5-4-12(23-2)9-14(13)24-17/h3-10H,1-2H3,(H,18,19)(H,20,22)/b8-7+. The molecule has 0 bridgehead atoms. The van der Waals surface area contributed by atoms with Gasteiger partial charge >= 0.3 is 0 Å². The molecule has 0 saturated carbocycles. The van der Waals surface area contributed by atoms with Gasteiger partial charge in [0, 0.05) is 13.1 Å². The second-order valence-corrected chi connectivity index (χ2v) is 5.95. The predicted molar refractivity (Wildman–Crippen MR) is 97.6 cm³/mol. The molecule has 0 radical (unpaired) electrons. The molecule has 0 aliphatic rings. The first-order valence-electron chi connectivity index (χ1n) is 7.25. The van der Waals surface area contributed by atoms with Crippen molar-refractivity contribution in [3.63, 3.8) is 0 Å². The summed E-state index contributed by atoms with van der Waals surface area (Å²) >= 11 is 1.50. The van der Waals surface area contributed by atoms with Gasteiger partial charge in [0.1, 0.15) is 16.6 Å². The number of fused-ring (bicyclic) bond motifs is 1. The summed E-state index contributed by atoms with van der Waals surface area (Å²) in [5.74, 6) is 1.30. The Labute approximate surface area is 143 Å². The van der Waals surface area contributed by atoms with Gasteiger partial charge in [0.15, 0.2) is 0 Å². The molecule has 1 amide bonds. The maximum absolute atomic E-state index is 12.0. The zero-order valence-electron chi connectivity index (χ0n) is 13.2. The van der Waals surface area contributed by atoms with E-state index in [1.54, 1.807) is 38.6 Å². The monoisotopic (exact) mass is 340 g/mol. The molecule has 2 aromatic heterocycles. The molecule has 3 aromatic rings. The largest absolute Gasteiger partial charge is 0.497 e. The summed E-state index contributed by atoms with van der Waals surface area (Å²) in [6, 6.07) is 9.27. The number of methoxy groups -OCH3 is 1. The number of carbonyl (C=O) groups excluding carboxylic acids is 1. The summed E-state index contributed by atoms with van der Waals surface area (Å²) in [6.45, 7) is 0. The Bertz CT molecular complexity index is 887. The number of aromatic nitrogens is 2. The summed E-state index contributed by atoms with van der Waals surface area (Å²) in [7, 11) is 3.42. The van der Waals surface area contributed by atoms with Gasteiger partial charge in [-0.25, -0.2) is 9.97 Å². The van der Waals surface area contributed by atoms with Crippen molar-refractivity contribution in [2.45, 2.75) is 0 Å². The Morgan fingerprint density at radius 1 is 1.29 bits per heavy atom. The average Bonchev–Trinajstić information content (AvgIpc) is 3.02. The van der Waals surface area contributed by atoms with E-state index in [0.717, 1.165) is 26.8 Å². The molecule has 7 heteroatoms. The van der Waals surface area contributed by atoms with Gasteiger partial charge in [0.05, 0.1) is 29.2 Å². The van der Waals surface area contributed by atoms with Crippen molar-refractivity contribution in [1.29, 1.82) is 0 Å². The summed E-state index contributed by atoms with van der Waals surface area (Å²) in [5, 5.41) is 6.44. The highest BCUT2D eigenvalue weighted by Gasteiger charge is 2.04. The molecule has 122 valence electrons. The number of hydrogen-bond acceptors (Lipinski definition) is 6. The Kier molecular flexibility index (Phi) is 4.72. The van der Waals surface area contributed by atoms with Crippen LogP contribution in [-0.2, 0) is 4.79 Å². The predicted octanol–water partition coefficient (Wildman–Crippen LogP) is 3.39. The van der Waals surface area contributed by atoms with E-state index in [1.165, 1.54) is 17.4 Å². The van der Waals surface area contributed by atoms with Crippen molar-refractivity contribution in [3.8, 4) is 5.75 Å². The molecule has 2 N–H and O–H groups in total. The number of carbonyl (C=O) groups is 1. The minimum absolute atomic E-state index is 0.231. The fourth-order valence-electron chi connectivity index (χ4n) is 2.07. The second kappa shape index (κ2) is 7.10. The van der Waals surface area contributed by atoms with Crippen molar-refractivity contribution in [3.05, 3.63) is 47.6 Å². The molecule has 0 aliphatic heterocycles. The molecule has 3 rings (SSSR count). The summed E-state index contributed by atoms with van der Waals surface area (Å²) in [4.78, 5) is 20.6. The Morgan fingerprint density at radius 2 is 2.17 bits per heavy atom. The number of anilines is 2. The van der Waals surface area contributed by atoms with Crippen LogP contribution in [0.1, 0.15) is 5.01 Å². The zero-order chi connectivity index (χ0) is 16.9. The maximum atomic E-state index is 12.0. The summed E-state index contributed by atoms with van der Waals surface area (Å²) in [6.07, 6.45) is 4.75. The highest BCUT2D eigenvalue weighted by Crippen LogP contribution is 2.26. The second-order valence-electron chi connectivity index (χ2n) is 4.89. The van der Waals surface area contributed by atoms with Gasteiger partial charge in [-0.15, -0.1) is 11.3 Å². The number of nitrogens with zero attached hydrogens (tertiary/aromatic N) is 2. The Hall–Kier alpha value is -2.93. The highest BCUT2D eigenvalue weighted by molar-refractivity contribution is 7.19. The van der Waals surface area contributed by atoms with E-state index in [4.69, 9.17) is 4.74 Å². The molecular formula is C17H16N4O2S. The average molecular weight is 340 g/mol. The van der Waals surface area contributed by atoms with Crippen molar-refractivity contribution >= 4 is 45.0 Å². The minimum atomic E-state index is -0.231. The van der Waals surface area contributed by atoms with Crippen molar-refractivity contribution < 1.29 is 9.53 Å². The minimum Gasteiger partial charge on any atom is -0.497 e. The van der Waals surface area contributed by atoms with Crippen LogP contribution in [0.25, 0.3) is 16.3 Å². The number of rotatable bonds is 5. The van der Waals surface area contributed by atoms with Gasteiger partial charge < -0.3 is 15.4 Å². The number of hydrogen-bond donors (Lipinski definition) is 2. The fourth-order valence-corrected chi connectivity index (χ4v) is 2.97. The molecule has 24 heavy (non-hydrogen) atoms. The molecule has 0 unspecified atom stereocenters. The zero-order valence-corrected chi connectivity index (χ0v) is 14.1. The molecular weight excluding hydrogens is 324 g/mol. The van der Waals surface area contributed by atoms with Gasteiger partial charge in [-0.2, -0.15) is 0 Å². The topological polar surface area (TPSA) is 76.1 Å². The van der Waals surface area contributed by atoms with Crippen LogP contribution >= 0.6 is 11.3 Å². The van der Waals surface area contributed by atoms with Gasteiger partial charge in [-0.3, -0.25) is 4.79 Å². The summed E-state index contributed by atoms with van der Waals surface area (Å²) in [5.41, 5.74) is 1.52. The smallest absolute Gasteiger partial charge is 0.248 e. The number of thiazole rings is 1. The van der Waals surface area contributed by atoms with Crippen LogP contribution in [0.15, 0.2) is 42.6 Å². The lowest BCUT2D eigenvalue weighted by Gasteiger charge is -2.02. The normalized spacial score (nSPS) is 10.9. The van der Waals surface area contributed by atoms with E-state index >= 15 is 0 Å². The molecule has 1 aromatic carbocycles. The fraction of sp³-hybridized carbons (Fsp3) is 0.118. The number of nitrogens with one attached hydrogen (secondary N) is 2. The highest BCUT2D eigenvalue weighted by atomic mass is 32.1. The Morgan fingerprint density at radius 3 is 2.88 bits per heavy atom. The third-order valence-electron chi connectivity index (χ3n) is 3.28. The van der Waals surface area contributed by atoms with E-state index < -0.39 is 0 Å². The van der Waals surface area contributed by atoms with E-state index in [-0.39, 0.29) is 5.91 Å². The van der Waals surface area contributed by atoms with Crippen LogP contribution in [0.2, 0.25) is 0 Å². The quantitative estimate of drug-likeness (QED) is 0.696. The van der Waals surface area contributed by atoms with Crippen LogP contribution < -0.4 is 15.4 Å². The molecule has 0 atom stereocenters. The van der Waals surface area contributed by atoms with E-state index in [2.05, 4.69) is 20.6 Å². The van der Waals surface area contributed by atoms with Gasteiger partial charge in [-0.05, 0) is 36.4 Å². The van der Waals surface area contributed by atoms with Crippen LogP contribution in [0.3, 0.4) is 0 Å². The van der Waals surface area contributed by atoms with Gasteiger partial charge in [0.25, 0.3) is 0 Å². The maximum Gasteiger partial charge on any atom is 0.248 e. The molecule has 0 spiro atoms. The lowest BCUT2D eigenvalue weighted by atomic mass is 10.3. The summed E-state index contributed by atoms with van der Waals surface area (Å²) < 4.78 is 6.21. The van der Waals surface area contributed by atoms with Crippen LogP contribution in [0.4, 0.5) is 11.5 Å². The van der Waals surface area contributed by atoms with E-state index in [9.17, 15) is 4.79 Å². The lowest BCUT2D eigenvalue weighted by molar-refractivity contribution is -0.111. The first-order chi connectivity index (χ1) is 11.7. The molecule has 6 nitrogen and oxygen atoms in total. The van der Waals surface area contributed by atoms with E-state index in [0.29, 0.717) is 5.69 Å². The lowest BCUT2D eigenvalue weighted by Crippen LogP contribution is -2.08. The number of benzene rings is 1. The third kappa shape index (κ3) is 3.69. The number of pyridine rings is 1. The first kappa shape index (κ1) is 15.9. The third-order valence-corrected chi connectivity index (χ3v) is 4.26. The van der Waals surface area contributed by atoms with Crippen molar-refractivity contribution in [1.82, 2.24) is 9.97 Å². The van der Waals surface area contributed by atoms with E-state index in [1.807, 2.05) is 18.2 Å². The first-order valence-corrected chi connectivity index (χ1v) is 8.07. The molecule has 0 saturated heterocycles. The van der Waals surface area contributed by atoms with Crippen LogP contribution in [0.5, 0.6) is 5.75 Å². The number of ether oxygens (including phenoxy) is 1. The molecule has 2 heterocycles. The molecule has 0 aliphatic carbocycles. The number of amides is 1. The van der Waals surface area contributed by atoms with Crippen molar-refractivity contribution in [2.24, 2.45) is 0 Å². The molecule has 0 fully saturated rings. The van der Waals surface area contributed by atoms with Crippen molar-refractivity contribution in [2.75, 3.05) is 24.8 Å². The SMILES string of the molecule is CNc1ccc(NC(=O)/C=C/c2nc3ccc(OC)cc3s2)cn1. The van der Waals surface area contributed by atoms with Crippen LogP contribution in [0, 0.1) is 0 Å². The van der Waals surface area contributed by atoms with Gasteiger partial charge in [-0.1, -0.05) is 0 Å². The van der Waals surface area contributed by atoms with Gasteiger partial charge in [0.2, 0.25) is 5.91 Å². The van der Waals surface area contributed by atoms with Crippen LogP contribution in [-0.4, -0.2) is 30.0 Å².